The van der Waals surface area contributed by atoms with Gasteiger partial charge < -0.3 is 10.1 Å². The Morgan fingerprint density at radius 2 is 1.77 bits per heavy atom. The molecule has 1 aliphatic rings. The fourth-order valence-electron chi connectivity index (χ4n) is 1.86. The molecule has 2 atom stereocenters. The van der Waals surface area contributed by atoms with E-state index >= 15 is 0 Å². The highest BCUT2D eigenvalue weighted by atomic mass is 16.5. The largest absolute Gasteiger partial charge is 0.374 e. The van der Waals surface area contributed by atoms with Crippen molar-refractivity contribution >= 4 is 0 Å². The molecule has 0 aromatic carbocycles. The van der Waals surface area contributed by atoms with Crippen LogP contribution in [0.25, 0.3) is 0 Å². The van der Waals surface area contributed by atoms with E-state index in [-0.39, 0.29) is 0 Å². The second-order valence-electron chi connectivity index (χ2n) is 4.18. The molecule has 1 fully saturated rings. The molecular formula is C11H23NO. The number of hydrogen-bond acceptors (Lipinski definition) is 2. The summed E-state index contributed by atoms with van der Waals surface area (Å²) in [6.45, 7) is 4.34. The van der Waals surface area contributed by atoms with Crippen molar-refractivity contribution in [1.82, 2.24) is 5.32 Å². The van der Waals surface area contributed by atoms with Crippen molar-refractivity contribution in [2.45, 2.75) is 64.2 Å². The van der Waals surface area contributed by atoms with Gasteiger partial charge in [-0.05, 0) is 33.7 Å². The van der Waals surface area contributed by atoms with Crippen molar-refractivity contribution in [1.29, 1.82) is 0 Å². The van der Waals surface area contributed by atoms with Gasteiger partial charge in [-0.1, -0.05) is 19.3 Å². The molecule has 1 rings (SSSR count). The normalized spacial score (nSPS) is 24.2. The lowest BCUT2D eigenvalue weighted by atomic mass is 9.97. The smallest absolute Gasteiger partial charge is 0.0700 e. The van der Waals surface area contributed by atoms with E-state index in [0.29, 0.717) is 18.2 Å². The molecule has 0 aromatic rings. The fraction of sp³-hybridized carbons (Fsp3) is 1.00. The van der Waals surface area contributed by atoms with E-state index in [2.05, 4.69) is 19.2 Å². The van der Waals surface area contributed by atoms with Crippen LogP contribution in [0.2, 0.25) is 0 Å². The Labute approximate surface area is 82.0 Å². The first kappa shape index (κ1) is 11.0. The minimum absolute atomic E-state index is 0.341. The average Bonchev–Trinajstić information content (AvgIpc) is 2.18. The highest BCUT2D eigenvalue weighted by Crippen LogP contribution is 2.21. The van der Waals surface area contributed by atoms with Gasteiger partial charge in [0, 0.05) is 6.04 Å². The maximum absolute atomic E-state index is 5.98. The molecule has 0 spiro atoms. The molecule has 2 heteroatoms. The van der Waals surface area contributed by atoms with Gasteiger partial charge in [0.2, 0.25) is 0 Å². The molecule has 2 nitrogen and oxygen atoms in total. The van der Waals surface area contributed by atoms with Gasteiger partial charge in [0.05, 0.1) is 12.2 Å². The number of rotatable bonds is 4. The zero-order chi connectivity index (χ0) is 9.68. The third-order valence-corrected chi connectivity index (χ3v) is 3.12. The Morgan fingerprint density at radius 3 is 2.31 bits per heavy atom. The van der Waals surface area contributed by atoms with E-state index in [1.54, 1.807) is 0 Å². The molecule has 0 amide bonds. The topological polar surface area (TPSA) is 21.3 Å². The molecular weight excluding hydrogens is 162 g/mol. The summed E-state index contributed by atoms with van der Waals surface area (Å²) in [6.07, 6.45) is 7.50. The van der Waals surface area contributed by atoms with E-state index in [1.165, 1.54) is 32.1 Å². The summed E-state index contributed by atoms with van der Waals surface area (Å²) in [5.41, 5.74) is 0. The molecule has 1 aliphatic carbocycles. The van der Waals surface area contributed by atoms with Gasteiger partial charge in [0.15, 0.2) is 0 Å². The minimum atomic E-state index is 0.341. The number of hydrogen-bond donors (Lipinski definition) is 1. The quantitative estimate of drug-likeness (QED) is 0.726. The maximum atomic E-state index is 5.98. The van der Waals surface area contributed by atoms with Crippen LogP contribution in [0.4, 0.5) is 0 Å². The van der Waals surface area contributed by atoms with Crippen LogP contribution in [0.15, 0.2) is 0 Å². The third-order valence-electron chi connectivity index (χ3n) is 3.12. The molecule has 0 bridgehead atoms. The van der Waals surface area contributed by atoms with Crippen LogP contribution in [0.3, 0.4) is 0 Å². The van der Waals surface area contributed by atoms with Crippen LogP contribution in [0.5, 0.6) is 0 Å². The summed E-state index contributed by atoms with van der Waals surface area (Å²) < 4.78 is 5.98. The lowest BCUT2D eigenvalue weighted by molar-refractivity contribution is -0.0336. The molecule has 0 heterocycles. The molecule has 13 heavy (non-hydrogen) atoms. The van der Waals surface area contributed by atoms with Gasteiger partial charge in [0.1, 0.15) is 0 Å². The zero-order valence-corrected chi connectivity index (χ0v) is 9.18. The molecule has 0 radical (unpaired) electrons. The molecule has 1 saturated carbocycles. The first-order valence-electron chi connectivity index (χ1n) is 5.56. The zero-order valence-electron chi connectivity index (χ0n) is 9.18. The van der Waals surface area contributed by atoms with Crippen molar-refractivity contribution in [2.24, 2.45) is 0 Å². The SMILES string of the molecule is CNC(C)C(C)OC1CCCCC1. The predicted octanol–water partition coefficient (Wildman–Crippen LogP) is 2.33. The lowest BCUT2D eigenvalue weighted by Crippen LogP contribution is -2.37. The van der Waals surface area contributed by atoms with Crippen LogP contribution in [0, 0.1) is 0 Å². The summed E-state index contributed by atoms with van der Waals surface area (Å²) in [6, 6.07) is 0.460. The highest BCUT2D eigenvalue weighted by molar-refractivity contribution is 4.71. The first-order valence-corrected chi connectivity index (χ1v) is 5.56. The number of likely N-dealkylation sites (N-methyl/N-ethyl adjacent to an activating group) is 1. The molecule has 0 aromatic heterocycles. The minimum Gasteiger partial charge on any atom is -0.374 e. The second-order valence-corrected chi connectivity index (χ2v) is 4.18. The highest BCUT2D eigenvalue weighted by Gasteiger charge is 2.19. The van der Waals surface area contributed by atoms with Crippen molar-refractivity contribution < 1.29 is 4.74 Å². The van der Waals surface area contributed by atoms with E-state index in [0.717, 1.165) is 0 Å². The van der Waals surface area contributed by atoms with Gasteiger partial charge in [0.25, 0.3) is 0 Å². The number of ether oxygens (including phenoxy) is 1. The Morgan fingerprint density at radius 1 is 1.15 bits per heavy atom. The Kier molecular flexibility index (Phi) is 4.74. The van der Waals surface area contributed by atoms with Crippen molar-refractivity contribution in [2.75, 3.05) is 7.05 Å². The Bertz CT molecular complexity index is 132. The summed E-state index contributed by atoms with van der Waals surface area (Å²) in [5, 5.41) is 3.23. The monoisotopic (exact) mass is 185 g/mol. The van der Waals surface area contributed by atoms with Crippen molar-refractivity contribution in [3.63, 3.8) is 0 Å². The van der Waals surface area contributed by atoms with Gasteiger partial charge in [-0.2, -0.15) is 0 Å². The molecule has 1 N–H and O–H groups in total. The van der Waals surface area contributed by atoms with Crippen molar-refractivity contribution in [3.05, 3.63) is 0 Å². The summed E-state index contributed by atoms with van der Waals surface area (Å²) in [5.74, 6) is 0. The number of nitrogens with one attached hydrogen (secondary N) is 1. The summed E-state index contributed by atoms with van der Waals surface area (Å²) >= 11 is 0. The average molecular weight is 185 g/mol. The van der Waals surface area contributed by atoms with Gasteiger partial charge >= 0.3 is 0 Å². The lowest BCUT2D eigenvalue weighted by Gasteiger charge is -2.28. The van der Waals surface area contributed by atoms with Crippen LogP contribution in [-0.4, -0.2) is 25.3 Å². The van der Waals surface area contributed by atoms with Gasteiger partial charge in [-0.15, -0.1) is 0 Å². The maximum Gasteiger partial charge on any atom is 0.0700 e. The molecule has 2 unspecified atom stereocenters. The third kappa shape index (κ3) is 3.65. The van der Waals surface area contributed by atoms with E-state index < -0.39 is 0 Å². The molecule has 78 valence electrons. The fourth-order valence-corrected chi connectivity index (χ4v) is 1.86. The molecule has 0 saturated heterocycles. The van der Waals surface area contributed by atoms with E-state index in [4.69, 9.17) is 4.74 Å². The predicted molar refractivity (Wildman–Crippen MR) is 55.9 cm³/mol. The van der Waals surface area contributed by atoms with E-state index in [1.807, 2.05) is 7.05 Å². The molecule has 0 aliphatic heterocycles. The standard InChI is InChI=1S/C11H23NO/c1-9(12-3)10(2)13-11-7-5-4-6-8-11/h9-12H,4-8H2,1-3H3. The van der Waals surface area contributed by atoms with Crippen LogP contribution in [-0.2, 0) is 4.74 Å². The van der Waals surface area contributed by atoms with Crippen molar-refractivity contribution in [3.8, 4) is 0 Å². The van der Waals surface area contributed by atoms with Gasteiger partial charge in [-0.3, -0.25) is 0 Å². The van der Waals surface area contributed by atoms with Crippen LogP contribution >= 0.6 is 0 Å². The first-order chi connectivity index (χ1) is 6.24. The summed E-state index contributed by atoms with van der Waals surface area (Å²) in [7, 11) is 1.99. The van der Waals surface area contributed by atoms with E-state index in [9.17, 15) is 0 Å². The second kappa shape index (κ2) is 5.61. The Hall–Kier alpha value is -0.0800. The van der Waals surface area contributed by atoms with Crippen LogP contribution in [0.1, 0.15) is 46.0 Å². The van der Waals surface area contributed by atoms with Crippen LogP contribution < -0.4 is 5.32 Å². The Balaban J connectivity index is 2.21. The van der Waals surface area contributed by atoms with Gasteiger partial charge in [-0.25, -0.2) is 0 Å². The summed E-state index contributed by atoms with van der Waals surface area (Å²) in [4.78, 5) is 0.